The Morgan fingerprint density at radius 3 is 2.51 bits per heavy atom. The highest BCUT2D eigenvalue weighted by molar-refractivity contribution is 8.18. The average Bonchev–Trinajstić information content (AvgIpc) is 3.16. The first-order valence-corrected chi connectivity index (χ1v) is 13.0. The van der Waals surface area contributed by atoms with Crippen LogP contribution < -0.4 is 9.47 Å². The number of nitrogens with zero attached hydrogens (tertiary/aromatic N) is 1. The Morgan fingerprint density at radius 2 is 1.70 bits per heavy atom. The van der Waals surface area contributed by atoms with Gasteiger partial charge < -0.3 is 9.47 Å². The molecule has 0 aromatic heterocycles. The van der Waals surface area contributed by atoms with Crippen molar-refractivity contribution >= 4 is 63.0 Å². The number of halogens is 2. The minimum absolute atomic E-state index is 0.0695. The van der Waals surface area contributed by atoms with Crippen LogP contribution in [0, 0.1) is 0 Å². The normalized spacial score (nSPS) is 14.6. The molecular formula is C29H21Cl2NO4S. The molecule has 0 spiro atoms. The lowest BCUT2D eigenvalue weighted by molar-refractivity contribution is -0.123. The molecule has 0 saturated carbocycles. The zero-order chi connectivity index (χ0) is 25.9. The molecule has 1 aliphatic rings. The fourth-order valence-corrected chi connectivity index (χ4v) is 5.38. The maximum atomic E-state index is 13.0. The molecule has 186 valence electrons. The predicted octanol–water partition coefficient (Wildman–Crippen LogP) is 7.97. The van der Waals surface area contributed by atoms with E-state index in [0.29, 0.717) is 44.2 Å². The van der Waals surface area contributed by atoms with Crippen molar-refractivity contribution < 1.29 is 19.1 Å². The summed E-state index contributed by atoms with van der Waals surface area (Å²) in [5, 5.41) is 2.79. The number of carbonyl (C=O) groups is 2. The fraction of sp³-hybridized carbons (Fsp3) is 0.103. The summed E-state index contributed by atoms with van der Waals surface area (Å²) in [5.74, 6) is 0.731. The number of fused-ring (bicyclic) bond motifs is 1. The predicted molar refractivity (Wildman–Crippen MR) is 149 cm³/mol. The van der Waals surface area contributed by atoms with Crippen LogP contribution in [0.3, 0.4) is 0 Å². The van der Waals surface area contributed by atoms with Crippen LogP contribution in [0.15, 0.2) is 83.8 Å². The SMILES string of the molecule is COc1ccc(/C=C2\SC(=O)N(Cc3ccc(Cl)cc3Cl)C2=O)cc1OCc1cccc2ccccc12. The highest BCUT2D eigenvalue weighted by atomic mass is 35.5. The monoisotopic (exact) mass is 549 g/mol. The molecule has 0 radical (unpaired) electrons. The van der Waals surface area contributed by atoms with Crippen LogP contribution in [0.5, 0.6) is 11.5 Å². The van der Waals surface area contributed by atoms with Gasteiger partial charge in [0.15, 0.2) is 11.5 Å². The fourth-order valence-electron chi connectivity index (χ4n) is 4.08. The molecule has 4 aromatic rings. The molecule has 1 aliphatic heterocycles. The topological polar surface area (TPSA) is 55.8 Å². The number of ether oxygens (including phenoxy) is 2. The number of thioether (sulfide) groups is 1. The molecule has 5 nitrogen and oxygen atoms in total. The van der Waals surface area contributed by atoms with E-state index in [0.717, 1.165) is 28.1 Å². The lowest BCUT2D eigenvalue weighted by atomic mass is 10.1. The summed E-state index contributed by atoms with van der Waals surface area (Å²) in [6, 6.07) is 24.6. The highest BCUT2D eigenvalue weighted by Gasteiger charge is 2.35. The summed E-state index contributed by atoms with van der Waals surface area (Å²) in [5.41, 5.74) is 2.40. The van der Waals surface area contributed by atoms with Crippen molar-refractivity contribution in [3.8, 4) is 11.5 Å². The Balaban J connectivity index is 1.36. The number of hydrogen-bond donors (Lipinski definition) is 0. The number of methoxy groups -OCH3 is 1. The molecule has 1 saturated heterocycles. The Labute approximate surface area is 228 Å². The van der Waals surface area contributed by atoms with E-state index in [1.807, 2.05) is 30.3 Å². The number of rotatable bonds is 7. The second-order valence-corrected chi connectivity index (χ2v) is 10.2. The van der Waals surface area contributed by atoms with Gasteiger partial charge in [0.25, 0.3) is 11.1 Å². The lowest BCUT2D eigenvalue weighted by Gasteiger charge is -2.14. The van der Waals surface area contributed by atoms with Crippen LogP contribution >= 0.6 is 35.0 Å². The first kappa shape index (κ1) is 25.2. The molecule has 1 heterocycles. The van der Waals surface area contributed by atoms with E-state index < -0.39 is 0 Å². The Hall–Kier alpha value is -3.45. The number of benzene rings is 4. The van der Waals surface area contributed by atoms with Gasteiger partial charge in [-0.05, 0) is 69.6 Å². The summed E-state index contributed by atoms with van der Waals surface area (Å²) in [6.07, 6.45) is 1.68. The third kappa shape index (κ3) is 5.47. The number of carbonyl (C=O) groups excluding carboxylic acids is 2. The maximum absolute atomic E-state index is 13.0. The van der Waals surface area contributed by atoms with Crippen molar-refractivity contribution in [1.29, 1.82) is 0 Å². The molecular weight excluding hydrogens is 529 g/mol. The van der Waals surface area contributed by atoms with Crippen LogP contribution in [0.4, 0.5) is 4.79 Å². The third-order valence-corrected chi connectivity index (χ3v) is 7.46. The molecule has 0 unspecified atom stereocenters. The van der Waals surface area contributed by atoms with Crippen molar-refractivity contribution in [1.82, 2.24) is 4.90 Å². The summed E-state index contributed by atoms with van der Waals surface area (Å²) in [4.78, 5) is 27.1. The summed E-state index contributed by atoms with van der Waals surface area (Å²) in [6.45, 7) is 0.416. The van der Waals surface area contributed by atoms with E-state index in [9.17, 15) is 9.59 Å². The quantitative estimate of drug-likeness (QED) is 0.219. The minimum atomic E-state index is -0.380. The van der Waals surface area contributed by atoms with Gasteiger partial charge in [-0.3, -0.25) is 14.5 Å². The number of hydrogen-bond acceptors (Lipinski definition) is 5. The second kappa shape index (κ2) is 10.9. The van der Waals surface area contributed by atoms with E-state index >= 15 is 0 Å². The largest absolute Gasteiger partial charge is 0.493 e. The smallest absolute Gasteiger partial charge is 0.293 e. The first-order valence-electron chi connectivity index (χ1n) is 11.4. The van der Waals surface area contributed by atoms with Crippen molar-refractivity contribution in [2.75, 3.05) is 7.11 Å². The van der Waals surface area contributed by atoms with Gasteiger partial charge >= 0.3 is 0 Å². The Bertz CT molecular complexity index is 1550. The molecule has 4 aromatic carbocycles. The molecule has 2 amide bonds. The van der Waals surface area contributed by atoms with Crippen LogP contribution in [-0.2, 0) is 17.9 Å². The van der Waals surface area contributed by atoms with Crippen LogP contribution in [-0.4, -0.2) is 23.2 Å². The van der Waals surface area contributed by atoms with Gasteiger partial charge in [0.2, 0.25) is 0 Å². The van der Waals surface area contributed by atoms with Gasteiger partial charge in [0.05, 0.1) is 18.6 Å². The van der Waals surface area contributed by atoms with Crippen molar-refractivity contribution in [2.45, 2.75) is 13.2 Å². The highest BCUT2D eigenvalue weighted by Crippen LogP contribution is 2.36. The zero-order valence-corrected chi connectivity index (χ0v) is 22.1. The summed E-state index contributed by atoms with van der Waals surface area (Å²) in [7, 11) is 1.58. The molecule has 0 atom stereocenters. The first-order chi connectivity index (χ1) is 17.9. The number of imide groups is 1. The van der Waals surface area contributed by atoms with Crippen molar-refractivity contribution in [3.63, 3.8) is 0 Å². The van der Waals surface area contributed by atoms with Crippen LogP contribution in [0.25, 0.3) is 16.8 Å². The van der Waals surface area contributed by atoms with Gasteiger partial charge in [-0.25, -0.2) is 0 Å². The van der Waals surface area contributed by atoms with E-state index in [-0.39, 0.29) is 17.7 Å². The zero-order valence-electron chi connectivity index (χ0n) is 19.7. The van der Waals surface area contributed by atoms with Crippen LogP contribution in [0.1, 0.15) is 16.7 Å². The van der Waals surface area contributed by atoms with Crippen molar-refractivity contribution in [2.24, 2.45) is 0 Å². The molecule has 1 fully saturated rings. The standard InChI is InChI=1S/C29H21Cl2NO4S/c1-35-25-12-9-18(13-26(25)36-17-21-7-4-6-19-5-2-3-8-23(19)21)14-27-28(33)32(29(34)37-27)16-20-10-11-22(30)15-24(20)31/h2-15H,16-17H2,1H3/b27-14-. The van der Waals surface area contributed by atoms with Gasteiger partial charge in [-0.1, -0.05) is 77.8 Å². The summed E-state index contributed by atoms with van der Waals surface area (Å²) < 4.78 is 11.6. The number of amides is 2. The molecule has 37 heavy (non-hydrogen) atoms. The maximum Gasteiger partial charge on any atom is 0.293 e. The minimum Gasteiger partial charge on any atom is -0.493 e. The van der Waals surface area contributed by atoms with Crippen LogP contribution in [0.2, 0.25) is 10.0 Å². The van der Waals surface area contributed by atoms with E-state index in [4.69, 9.17) is 32.7 Å². The Kier molecular flexibility index (Phi) is 7.42. The summed E-state index contributed by atoms with van der Waals surface area (Å²) >= 11 is 13.1. The molecule has 0 aliphatic carbocycles. The van der Waals surface area contributed by atoms with E-state index in [2.05, 4.69) is 18.2 Å². The molecule has 8 heteroatoms. The molecule has 0 bridgehead atoms. The van der Waals surface area contributed by atoms with Gasteiger partial charge in [0.1, 0.15) is 6.61 Å². The van der Waals surface area contributed by atoms with Gasteiger partial charge in [-0.2, -0.15) is 0 Å². The average molecular weight is 550 g/mol. The van der Waals surface area contributed by atoms with Crippen molar-refractivity contribution in [3.05, 3.63) is 111 Å². The van der Waals surface area contributed by atoms with Gasteiger partial charge in [0, 0.05) is 10.0 Å². The van der Waals surface area contributed by atoms with E-state index in [1.165, 1.54) is 4.90 Å². The van der Waals surface area contributed by atoms with E-state index in [1.54, 1.807) is 43.5 Å². The van der Waals surface area contributed by atoms with Gasteiger partial charge in [-0.15, -0.1) is 0 Å². The lowest BCUT2D eigenvalue weighted by Crippen LogP contribution is -2.27. The second-order valence-electron chi connectivity index (χ2n) is 8.34. The molecule has 5 rings (SSSR count). The Morgan fingerprint density at radius 1 is 0.892 bits per heavy atom. The third-order valence-electron chi connectivity index (χ3n) is 5.97. The molecule has 0 N–H and O–H groups in total.